The molecule has 7 nitrogen and oxygen atoms in total. The van der Waals surface area contributed by atoms with E-state index in [-0.39, 0.29) is 62.6 Å². The van der Waals surface area contributed by atoms with Crippen LogP contribution >= 0.6 is 23.2 Å². The van der Waals surface area contributed by atoms with E-state index in [4.69, 9.17) is 42.1 Å². The van der Waals surface area contributed by atoms with Crippen LogP contribution in [0.25, 0.3) is 22.4 Å². The van der Waals surface area contributed by atoms with Crippen molar-refractivity contribution in [1.29, 1.82) is 0 Å². The molecule has 10 heteroatoms. The summed E-state index contributed by atoms with van der Waals surface area (Å²) in [5, 5.41) is 10.9. The maximum absolute atomic E-state index is 11.9. The molecular formula is C78H111Cl2NO6Si. The number of hydrogen-bond acceptors (Lipinski definition) is 7. The summed E-state index contributed by atoms with van der Waals surface area (Å²) in [6.45, 7) is 47.5. The fourth-order valence-electron chi connectivity index (χ4n) is 12.0. The Kier molecular flexibility index (Phi) is 28.5. The standard InChI is InChI=1S/C41H61NO3Si.C36H48O3.CH2Cl2/c1-14-41(15-2,34-21-22-35(30(5)26-34)36-23-17-31(28-42-36)27-38(43)44-16-3)33-20-18-32(29(4)25-33)19-24-37(39(6,7)8)45-46(12,13)40(9,10)11;1-9-36(10-2,30-18-16-28(25(4)22-30)17-21-33(37)35(6,7)8)31-19-20-32(26(5)23-31)29-14-12-27(13-15-29)24-34(38)39-11-3;2-1-3/h17-18,20-23,25-26,28,37H,14-16,19,24,27H2,1-13H3;12-16,18-20,22-23,33,37H,9-11,17,21,24H2,1-8H3;1H2. The lowest BCUT2D eigenvalue weighted by Crippen LogP contribution is -2.47. The van der Waals surface area contributed by atoms with Crippen molar-refractivity contribution in [3.63, 3.8) is 0 Å². The van der Waals surface area contributed by atoms with E-state index in [0.29, 0.717) is 19.6 Å². The summed E-state index contributed by atoms with van der Waals surface area (Å²) < 4.78 is 17.2. The maximum Gasteiger partial charge on any atom is 0.310 e. The zero-order valence-corrected chi connectivity index (χ0v) is 60.5. The van der Waals surface area contributed by atoms with Gasteiger partial charge in [-0.1, -0.05) is 193 Å². The predicted molar refractivity (Wildman–Crippen MR) is 377 cm³/mol. The van der Waals surface area contributed by atoms with E-state index < -0.39 is 8.32 Å². The van der Waals surface area contributed by atoms with Crippen molar-refractivity contribution >= 4 is 43.5 Å². The Hall–Kier alpha value is -5.09. The third-order valence-corrected chi connectivity index (χ3v) is 23.5. The van der Waals surface area contributed by atoms with E-state index in [9.17, 15) is 14.7 Å². The first-order valence-corrected chi connectivity index (χ1v) is 36.5. The number of rotatable bonds is 24. The van der Waals surface area contributed by atoms with Crippen LogP contribution in [0.15, 0.2) is 115 Å². The van der Waals surface area contributed by atoms with Gasteiger partial charge in [0.2, 0.25) is 0 Å². The molecule has 6 aromatic rings. The van der Waals surface area contributed by atoms with Crippen LogP contribution in [0.2, 0.25) is 18.1 Å². The van der Waals surface area contributed by atoms with Gasteiger partial charge in [-0.15, -0.1) is 23.2 Å². The zero-order valence-electron chi connectivity index (χ0n) is 58.0. The van der Waals surface area contributed by atoms with Crippen molar-refractivity contribution in [3.05, 3.63) is 182 Å². The summed E-state index contributed by atoms with van der Waals surface area (Å²) in [6, 6.07) is 40.1. The normalized spacial score (nSPS) is 13.0. The number of ether oxygens (including phenoxy) is 2. The monoisotopic (exact) mass is 1260 g/mol. The van der Waals surface area contributed by atoms with Gasteiger partial charge in [0.15, 0.2) is 8.32 Å². The van der Waals surface area contributed by atoms with E-state index in [2.05, 4.69) is 216 Å². The first-order chi connectivity index (χ1) is 41.2. The topological polar surface area (TPSA) is 95.0 Å². The van der Waals surface area contributed by atoms with Crippen LogP contribution in [0.5, 0.6) is 0 Å². The number of pyridine rings is 1. The number of aliphatic hydroxyl groups excluding tert-OH is 1. The maximum atomic E-state index is 11.9. The van der Waals surface area contributed by atoms with Crippen LogP contribution in [0, 0.1) is 38.5 Å². The largest absolute Gasteiger partial charge is 0.466 e. The molecule has 0 aliphatic heterocycles. The van der Waals surface area contributed by atoms with E-state index in [1.807, 2.05) is 38.1 Å². The van der Waals surface area contributed by atoms with Crippen molar-refractivity contribution in [1.82, 2.24) is 4.98 Å². The summed E-state index contributed by atoms with van der Waals surface area (Å²) in [4.78, 5) is 28.4. The molecule has 2 atom stereocenters. The third kappa shape index (κ3) is 20.0. The summed E-state index contributed by atoms with van der Waals surface area (Å²) in [7, 11) is -1.87. The molecule has 88 heavy (non-hydrogen) atoms. The van der Waals surface area contributed by atoms with Crippen LogP contribution in [-0.4, -0.2) is 61.1 Å². The average molecular weight is 1260 g/mol. The van der Waals surface area contributed by atoms with E-state index in [1.54, 1.807) is 6.20 Å². The first-order valence-electron chi connectivity index (χ1n) is 32.5. The Bertz CT molecular complexity index is 3160. The number of carbonyl (C=O) groups is 2. The minimum Gasteiger partial charge on any atom is -0.466 e. The third-order valence-electron chi connectivity index (χ3n) is 19.0. The zero-order chi connectivity index (χ0) is 66.0. The molecule has 0 aliphatic carbocycles. The smallest absolute Gasteiger partial charge is 0.310 e. The Balaban J connectivity index is 0.000000365. The lowest BCUT2D eigenvalue weighted by atomic mass is 9.69. The molecule has 6 rings (SSSR count). The highest BCUT2D eigenvalue weighted by Gasteiger charge is 2.42. The van der Waals surface area contributed by atoms with Gasteiger partial charge in [-0.3, -0.25) is 14.6 Å². The van der Waals surface area contributed by atoms with Crippen molar-refractivity contribution < 1.29 is 28.6 Å². The van der Waals surface area contributed by atoms with Crippen LogP contribution in [0.1, 0.15) is 209 Å². The fourth-order valence-corrected chi connectivity index (χ4v) is 13.5. The Morgan fingerprint density at radius 3 is 1.28 bits per heavy atom. The Morgan fingerprint density at radius 2 is 0.920 bits per heavy atom. The molecule has 482 valence electrons. The molecule has 0 bridgehead atoms. The van der Waals surface area contributed by atoms with Gasteiger partial charge in [-0.25, -0.2) is 0 Å². The van der Waals surface area contributed by atoms with Crippen LogP contribution in [0.4, 0.5) is 0 Å². The lowest BCUT2D eigenvalue weighted by molar-refractivity contribution is -0.143. The van der Waals surface area contributed by atoms with Gasteiger partial charge in [0.05, 0.1) is 49.3 Å². The van der Waals surface area contributed by atoms with Crippen molar-refractivity contribution in [2.75, 3.05) is 18.6 Å². The molecule has 0 fully saturated rings. The second kappa shape index (κ2) is 33.3. The SMILES string of the molecule is CCOC(=O)Cc1ccc(-c2ccc(C(CC)(CC)c3ccc(CCC(O)C(C)(C)C)c(C)c3)cc2C)cc1.CCOC(=O)Cc1ccc(-c2ccc(C(CC)(CC)c3ccc(CCC(O[Si](C)(C)C(C)(C)C)C(C)(C)C)c(C)c3)cc2C)nc1.ClCCl. The van der Waals surface area contributed by atoms with Gasteiger partial charge >= 0.3 is 11.9 Å². The number of hydrogen-bond donors (Lipinski definition) is 1. The molecule has 2 unspecified atom stereocenters. The number of alkyl halides is 2. The highest BCUT2D eigenvalue weighted by molar-refractivity contribution is 6.74. The average Bonchev–Trinajstić information content (AvgIpc) is 1.06. The number of nitrogens with zero attached hydrogens (tertiary/aromatic N) is 1. The summed E-state index contributed by atoms with van der Waals surface area (Å²) >= 11 is 9.53. The molecule has 1 heterocycles. The number of aromatic nitrogens is 1. The Labute approximate surface area is 544 Å². The quantitative estimate of drug-likeness (QED) is 0.0366. The summed E-state index contributed by atoms with van der Waals surface area (Å²) in [5.74, 6) is -0.409. The molecule has 1 N–H and O–H groups in total. The molecule has 0 spiro atoms. The van der Waals surface area contributed by atoms with Gasteiger partial charge in [-0.05, 0) is 206 Å². The number of carbonyl (C=O) groups excluding carboxylic acids is 2. The fraction of sp³-hybridized carbons (Fsp3) is 0.526. The predicted octanol–water partition coefficient (Wildman–Crippen LogP) is 20.9. The number of halogens is 2. The van der Waals surface area contributed by atoms with Gasteiger partial charge in [0, 0.05) is 22.6 Å². The highest BCUT2D eigenvalue weighted by atomic mass is 35.5. The van der Waals surface area contributed by atoms with Gasteiger partial charge < -0.3 is 19.0 Å². The minimum absolute atomic E-state index is 0.0546. The van der Waals surface area contributed by atoms with E-state index in [1.165, 1.54) is 61.2 Å². The number of aryl methyl sites for hydroxylation is 6. The van der Waals surface area contributed by atoms with Gasteiger partial charge in [0.1, 0.15) is 0 Å². The van der Waals surface area contributed by atoms with Crippen molar-refractivity contribution in [2.24, 2.45) is 10.8 Å². The Morgan fingerprint density at radius 1 is 0.523 bits per heavy atom. The molecule has 0 saturated heterocycles. The lowest BCUT2D eigenvalue weighted by Gasteiger charge is -2.43. The molecule has 5 aromatic carbocycles. The van der Waals surface area contributed by atoms with Crippen molar-refractivity contribution in [2.45, 2.75) is 237 Å². The molecule has 1 aromatic heterocycles. The number of benzene rings is 5. The van der Waals surface area contributed by atoms with Crippen LogP contribution in [-0.2, 0) is 60.0 Å². The molecule has 0 saturated carbocycles. The number of esters is 2. The first kappa shape index (κ1) is 75.4. The van der Waals surface area contributed by atoms with Crippen molar-refractivity contribution in [3.8, 4) is 22.4 Å². The van der Waals surface area contributed by atoms with Gasteiger partial charge in [0.25, 0.3) is 0 Å². The van der Waals surface area contributed by atoms with Gasteiger partial charge in [-0.2, -0.15) is 0 Å². The van der Waals surface area contributed by atoms with Crippen LogP contribution in [0.3, 0.4) is 0 Å². The summed E-state index contributed by atoms with van der Waals surface area (Å²) in [6.07, 6.45) is 10.1. The number of aliphatic hydroxyl groups is 1. The molecule has 0 amide bonds. The summed E-state index contributed by atoms with van der Waals surface area (Å²) in [5.41, 5.74) is 19.4. The van der Waals surface area contributed by atoms with E-state index >= 15 is 0 Å². The second-order valence-corrected chi connectivity index (χ2v) is 33.5. The molecule has 0 radical (unpaired) electrons. The minimum atomic E-state index is -1.87. The molecule has 0 aliphatic rings. The van der Waals surface area contributed by atoms with Crippen LogP contribution < -0.4 is 0 Å². The highest BCUT2D eigenvalue weighted by Crippen LogP contribution is 2.45. The molecular weight excluding hydrogens is 1150 g/mol. The van der Waals surface area contributed by atoms with E-state index in [0.717, 1.165) is 79.3 Å². The second-order valence-electron chi connectivity index (χ2n) is 27.9.